The molecule has 2 aromatic carbocycles. The van der Waals surface area contributed by atoms with Gasteiger partial charge in [-0.3, -0.25) is 4.79 Å². The number of aromatic nitrogens is 1. The average Bonchev–Trinajstić information content (AvgIpc) is 3.05. The maximum Gasteiger partial charge on any atom is 0.212 e. The van der Waals surface area contributed by atoms with Crippen molar-refractivity contribution in [1.29, 1.82) is 10.5 Å². The average molecular weight is 330 g/mol. The second kappa shape index (κ2) is 6.74. The topological polar surface area (TPSA) is 89.6 Å². The van der Waals surface area contributed by atoms with Gasteiger partial charge in [-0.05, 0) is 23.7 Å². The third-order valence-electron chi connectivity index (χ3n) is 3.50. The minimum Gasteiger partial charge on any atom is -0.319 e. The summed E-state index contributed by atoms with van der Waals surface area (Å²) in [5.74, 6) is 0. The number of nitrogens with zero attached hydrogens (tertiary/aromatic N) is 3. The highest BCUT2D eigenvalue weighted by Crippen LogP contribution is 2.42. The zero-order valence-electron chi connectivity index (χ0n) is 12.4. The van der Waals surface area contributed by atoms with Crippen molar-refractivity contribution in [3.8, 4) is 34.5 Å². The molecule has 0 aliphatic rings. The molecule has 3 rings (SSSR count). The van der Waals surface area contributed by atoms with E-state index in [1.54, 1.807) is 36.4 Å². The van der Waals surface area contributed by atoms with Gasteiger partial charge in [0.2, 0.25) is 6.41 Å². The fourth-order valence-corrected chi connectivity index (χ4v) is 3.23. The van der Waals surface area contributed by atoms with E-state index < -0.39 is 0 Å². The molecule has 1 N–H and O–H groups in total. The molecule has 114 valence electrons. The summed E-state index contributed by atoms with van der Waals surface area (Å²) in [6, 6.07) is 18.5. The molecule has 0 bridgehead atoms. The maximum absolute atomic E-state index is 10.9. The standard InChI is InChI=1S/C18H10N4OS/c19-9-12-5-1-3-7-14(12)16-17(22-24-18(16)21-11-23)15-8-4-2-6-13(15)10-20/h1-8,11H,(H,21,23). The molecule has 1 heterocycles. The van der Waals surface area contributed by atoms with Gasteiger partial charge in [-0.25, -0.2) is 0 Å². The van der Waals surface area contributed by atoms with Gasteiger partial charge in [0, 0.05) is 16.7 Å². The second-order valence-corrected chi connectivity index (χ2v) is 5.59. The molecule has 0 aliphatic carbocycles. The highest BCUT2D eigenvalue weighted by molar-refractivity contribution is 7.11. The van der Waals surface area contributed by atoms with Crippen LogP contribution in [0, 0.1) is 22.7 Å². The molecule has 1 aromatic heterocycles. The zero-order valence-corrected chi connectivity index (χ0v) is 13.2. The van der Waals surface area contributed by atoms with Gasteiger partial charge in [-0.2, -0.15) is 14.9 Å². The van der Waals surface area contributed by atoms with E-state index in [4.69, 9.17) is 0 Å². The molecule has 0 unspecified atom stereocenters. The summed E-state index contributed by atoms with van der Waals surface area (Å²) < 4.78 is 4.43. The largest absolute Gasteiger partial charge is 0.319 e. The van der Waals surface area contributed by atoms with Gasteiger partial charge in [-0.1, -0.05) is 36.4 Å². The Balaban J connectivity index is 2.32. The monoisotopic (exact) mass is 330 g/mol. The normalized spacial score (nSPS) is 9.75. The van der Waals surface area contributed by atoms with E-state index in [1.807, 2.05) is 12.1 Å². The third-order valence-corrected chi connectivity index (χ3v) is 4.28. The van der Waals surface area contributed by atoms with E-state index in [0.717, 1.165) is 11.5 Å². The van der Waals surface area contributed by atoms with Crippen LogP contribution in [0.15, 0.2) is 48.5 Å². The van der Waals surface area contributed by atoms with E-state index >= 15 is 0 Å². The number of hydrogen-bond acceptors (Lipinski definition) is 5. The molecular formula is C18H10N4OS. The molecule has 0 spiro atoms. The van der Waals surface area contributed by atoms with Gasteiger partial charge in [0.15, 0.2) is 0 Å². The molecule has 0 saturated carbocycles. The van der Waals surface area contributed by atoms with E-state index in [1.165, 1.54) is 0 Å². The Kier molecular flexibility index (Phi) is 4.33. The van der Waals surface area contributed by atoms with Crippen molar-refractivity contribution in [3.05, 3.63) is 59.7 Å². The zero-order chi connectivity index (χ0) is 16.9. The van der Waals surface area contributed by atoms with Crippen LogP contribution in [-0.2, 0) is 4.79 Å². The summed E-state index contributed by atoms with van der Waals surface area (Å²) in [6.45, 7) is 0. The number of rotatable bonds is 4. The minimum atomic E-state index is 0.474. The number of carbonyl (C=O) groups is 1. The van der Waals surface area contributed by atoms with Crippen LogP contribution >= 0.6 is 11.5 Å². The number of anilines is 1. The molecule has 1 amide bonds. The first kappa shape index (κ1) is 15.4. The van der Waals surface area contributed by atoms with Gasteiger partial charge in [-0.15, -0.1) is 0 Å². The van der Waals surface area contributed by atoms with Crippen LogP contribution < -0.4 is 5.32 Å². The lowest BCUT2D eigenvalue weighted by Gasteiger charge is -2.08. The van der Waals surface area contributed by atoms with Crippen LogP contribution in [0.4, 0.5) is 5.00 Å². The van der Waals surface area contributed by atoms with Crippen molar-refractivity contribution >= 4 is 22.9 Å². The quantitative estimate of drug-likeness (QED) is 0.737. The van der Waals surface area contributed by atoms with Crippen LogP contribution in [0.2, 0.25) is 0 Å². The van der Waals surface area contributed by atoms with Gasteiger partial charge in [0.05, 0.1) is 29.0 Å². The SMILES string of the molecule is N#Cc1ccccc1-c1nsc(NC=O)c1-c1ccccc1C#N. The first-order chi connectivity index (χ1) is 11.8. The highest BCUT2D eigenvalue weighted by atomic mass is 32.1. The number of amides is 1. The third kappa shape index (κ3) is 2.63. The van der Waals surface area contributed by atoms with Crippen LogP contribution in [0.5, 0.6) is 0 Å². The Labute approximate surface area is 142 Å². The van der Waals surface area contributed by atoms with E-state index in [-0.39, 0.29) is 0 Å². The summed E-state index contributed by atoms with van der Waals surface area (Å²) in [5, 5.41) is 21.9. The number of benzene rings is 2. The Morgan fingerprint density at radius 1 is 0.958 bits per heavy atom. The van der Waals surface area contributed by atoms with Crippen LogP contribution in [0.25, 0.3) is 22.4 Å². The van der Waals surface area contributed by atoms with Gasteiger partial charge < -0.3 is 5.32 Å². The fraction of sp³-hybridized carbons (Fsp3) is 0. The second-order valence-electron chi connectivity index (χ2n) is 4.81. The first-order valence-electron chi connectivity index (χ1n) is 6.99. The summed E-state index contributed by atoms with van der Waals surface area (Å²) >= 11 is 1.12. The molecule has 0 saturated heterocycles. The van der Waals surface area contributed by atoms with Gasteiger partial charge >= 0.3 is 0 Å². The first-order valence-corrected chi connectivity index (χ1v) is 7.76. The van der Waals surface area contributed by atoms with Crippen LogP contribution in [0.3, 0.4) is 0 Å². The Hall–Kier alpha value is -3.48. The molecule has 3 aromatic rings. The lowest BCUT2D eigenvalue weighted by Crippen LogP contribution is -1.95. The number of hydrogen-bond donors (Lipinski definition) is 1. The fourth-order valence-electron chi connectivity index (χ4n) is 2.46. The lowest BCUT2D eigenvalue weighted by atomic mass is 9.95. The molecule has 6 heteroatoms. The summed E-state index contributed by atoms with van der Waals surface area (Å²) in [6.07, 6.45) is 0.575. The van der Waals surface area contributed by atoms with Crippen molar-refractivity contribution in [3.63, 3.8) is 0 Å². The number of nitrogens with one attached hydrogen (secondary N) is 1. The maximum atomic E-state index is 10.9. The smallest absolute Gasteiger partial charge is 0.212 e. The molecule has 0 atom stereocenters. The number of carbonyl (C=O) groups excluding carboxylic acids is 1. The number of nitriles is 2. The summed E-state index contributed by atoms with van der Waals surface area (Å²) in [5.41, 5.74) is 3.51. The van der Waals surface area contributed by atoms with E-state index in [2.05, 4.69) is 21.8 Å². The predicted octanol–water partition coefficient (Wildman–Crippen LogP) is 3.79. The van der Waals surface area contributed by atoms with E-state index in [9.17, 15) is 15.3 Å². The van der Waals surface area contributed by atoms with Crippen LogP contribution in [-0.4, -0.2) is 10.8 Å². The van der Waals surface area contributed by atoms with E-state index in [0.29, 0.717) is 44.9 Å². The van der Waals surface area contributed by atoms with Crippen molar-refractivity contribution in [2.75, 3.05) is 5.32 Å². The van der Waals surface area contributed by atoms with Gasteiger partial charge in [0.25, 0.3) is 0 Å². The molecule has 0 aliphatic heterocycles. The van der Waals surface area contributed by atoms with Crippen molar-refractivity contribution < 1.29 is 4.79 Å². The Morgan fingerprint density at radius 3 is 2.17 bits per heavy atom. The highest BCUT2D eigenvalue weighted by Gasteiger charge is 2.21. The van der Waals surface area contributed by atoms with Crippen molar-refractivity contribution in [2.45, 2.75) is 0 Å². The Morgan fingerprint density at radius 2 is 1.54 bits per heavy atom. The molecule has 24 heavy (non-hydrogen) atoms. The molecule has 5 nitrogen and oxygen atoms in total. The van der Waals surface area contributed by atoms with Crippen molar-refractivity contribution in [2.24, 2.45) is 0 Å². The molecular weight excluding hydrogens is 320 g/mol. The Bertz CT molecular complexity index is 995. The van der Waals surface area contributed by atoms with Gasteiger partial charge in [0.1, 0.15) is 5.00 Å². The van der Waals surface area contributed by atoms with Crippen LogP contribution in [0.1, 0.15) is 11.1 Å². The predicted molar refractivity (Wildman–Crippen MR) is 92.1 cm³/mol. The molecule has 0 fully saturated rings. The summed E-state index contributed by atoms with van der Waals surface area (Å²) in [4.78, 5) is 10.9. The summed E-state index contributed by atoms with van der Waals surface area (Å²) in [7, 11) is 0. The van der Waals surface area contributed by atoms with Crippen molar-refractivity contribution in [1.82, 2.24) is 4.37 Å². The minimum absolute atomic E-state index is 0.474. The molecule has 0 radical (unpaired) electrons. The lowest BCUT2D eigenvalue weighted by molar-refractivity contribution is -0.105.